The minimum absolute atomic E-state index is 1.21. The van der Waals surface area contributed by atoms with Gasteiger partial charge in [-0.2, -0.15) is 0 Å². The van der Waals surface area contributed by atoms with E-state index in [-0.39, 0.29) is 0 Å². The van der Waals surface area contributed by atoms with E-state index >= 15 is 0 Å². The van der Waals surface area contributed by atoms with Crippen LogP contribution in [0.25, 0.3) is 0 Å². The van der Waals surface area contributed by atoms with Crippen LogP contribution in [0.5, 0.6) is 0 Å². The van der Waals surface area contributed by atoms with Gasteiger partial charge in [0.25, 0.3) is 0 Å². The summed E-state index contributed by atoms with van der Waals surface area (Å²) in [5, 5.41) is 7.24. The summed E-state index contributed by atoms with van der Waals surface area (Å²) in [5.41, 5.74) is 0. The maximum absolute atomic E-state index is 4.01. The summed E-state index contributed by atoms with van der Waals surface area (Å²) >= 11 is -4.98. The van der Waals surface area contributed by atoms with Crippen molar-refractivity contribution in [2.75, 3.05) is 0 Å². The average molecular weight is 409 g/mol. The molecule has 0 spiro atoms. The van der Waals surface area contributed by atoms with E-state index in [1.165, 1.54) is 30.1 Å². The van der Waals surface area contributed by atoms with Gasteiger partial charge in [0.1, 0.15) is 0 Å². The molecule has 0 atom stereocenters. The summed E-state index contributed by atoms with van der Waals surface area (Å²) in [7, 11) is 2.44. The monoisotopic (exact) mass is 406 g/mol. The zero-order valence-corrected chi connectivity index (χ0v) is 20.5. The number of allylic oxidation sites excluding steroid dienone is 6. The molecule has 112 valence electrons. The first-order valence-corrected chi connectivity index (χ1v) is 29.5. The van der Waals surface area contributed by atoms with Gasteiger partial charge >= 0.3 is 141 Å². The van der Waals surface area contributed by atoms with Crippen LogP contribution in [0, 0.1) is 0 Å². The van der Waals surface area contributed by atoms with Gasteiger partial charge in [0.15, 0.2) is 0 Å². The van der Waals surface area contributed by atoms with Crippen LogP contribution in [-0.4, -0.2) is 0 Å². The SMILES string of the molecule is C=C[CH2][Zn]([CH2]C=C)([CH2]C=C)[S][Zn]([CH2]C=C)([CH2]C=C)[CH2]C=C. The fourth-order valence-corrected chi connectivity index (χ4v) is 135. The molecule has 0 radical (unpaired) electrons. The third-order valence-corrected chi connectivity index (χ3v) is 100. The molecule has 0 aliphatic rings. The fraction of sp³-hybridized carbons (Fsp3) is 0.333. The van der Waals surface area contributed by atoms with Gasteiger partial charge < -0.3 is 0 Å². The maximum atomic E-state index is 4.01. The molecule has 0 aromatic rings. The van der Waals surface area contributed by atoms with Crippen molar-refractivity contribution in [3.63, 3.8) is 0 Å². The second kappa shape index (κ2) is 11.6. The Morgan fingerprint density at radius 1 is 0.476 bits per heavy atom. The summed E-state index contributed by atoms with van der Waals surface area (Å²) in [5.74, 6) is 0. The topological polar surface area (TPSA) is 0 Å². The van der Waals surface area contributed by atoms with Crippen LogP contribution in [0.15, 0.2) is 75.9 Å². The van der Waals surface area contributed by atoms with E-state index in [2.05, 4.69) is 83.7 Å². The van der Waals surface area contributed by atoms with Crippen LogP contribution in [0.2, 0.25) is 30.1 Å². The summed E-state index contributed by atoms with van der Waals surface area (Å²) in [4.78, 5) is 0. The van der Waals surface area contributed by atoms with Crippen LogP contribution in [0.4, 0.5) is 0 Å². The van der Waals surface area contributed by atoms with E-state index < -0.39 is 27.1 Å². The predicted octanol–water partition coefficient (Wildman–Crippen LogP) is 7.48. The Bertz CT molecular complexity index is 296. The van der Waals surface area contributed by atoms with Crippen molar-refractivity contribution in [2.24, 2.45) is 0 Å². The first-order chi connectivity index (χ1) is 10.1. The van der Waals surface area contributed by atoms with Gasteiger partial charge in [0.2, 0.25) is 0 Å². The van der Waals surface area contributed by atoms with Crippen LogP contribution < -0.4 is 0 Å². The molecule has 0 N–H and O–H groups in total. The van der Waals surface area contributed by atoms with Gasteiger partial charge in [-0.05, 0) is 0 Å². The number of rotatable bonds is 14. The molecule has 0 fully saturated rings. The standard InChI is InChI=1S/6C3H5.S.2Zn/c6*1-3-2;;;/h6*3H,1-2H2;;;. The molecule has 0 unspecified atom stereocenters. The van der Waals surface area contributed by atoms with E-state index in [0.29, 0.717) is 0 Å². The molecule has 3 heteroatoms. The molecule has 0 amide bonds. The molecule has 0 saturated carbocycles. The number of hydrogen-bond donors (Lipinski definition) is 0. The van der Waals surface area contributed by atoms with Crippen molar-refractivity contribution < 1.29 is 27.1 Å². The predicted molar refractivity (Wildman–Crippen MR) is 97.6 cm³/mol. The molecule has 0 bridgehead atoms. The molecule has 0 nitrogen and oxygen atoms in total. The van der Waals surface area contributed by atoms with Gasteiger partial charge in [0.05, 0.1) is 0 Å². The third-order valence-electron chi connectivity index (χ3n) is 5.25. The van der Waals surface area contributed by atoms with Crippen LogP contribution in [0.3, 0.4) is 0 Å². The first kappa shape index (κ1) is 21.0. The van der Waals surface area contributed by atoms with Crippen LogP contribution in [0.1, 0.15) is 0 Å². The molecule has 0 aromatic carbocycles. The summed E-state index contributed by atoms with van der Waals surface area (Å²) in [6.07, 6.45) is 12.8. The van der Waals surface area contributed by atoms with Crippen molar-refractivity contribution in [2.45, 2.75) is 30.1 Å². The molecule has 0 aromatic heterocycles. The molecule has 21 heavy (non-hydrogen) atoms. The first-order valence-electron chi connectivity index (χ1n) is 8.48. The van der Waals surface area contributed by atoms with Crippen molar-refractivity contribution in [1.82, 2.24) is 0 Å². The zero-order chi connectivity index (χ0) is 16.2. The van der Waals surface area contributed by atoms with E-state index in [1.54, 1.807) is 0 Å². The minimum atomic E-state index is -2.49. The van der Waals surface area contributed by atoms with Crippen molar-refractivity contribution in [3.05, 3.63) is 75.9 Å². The van der Waals surface area contributed by atoms with Gasteiger partial charge in [0, 0.05) is 0 Å². The Kier molecular flexibility index (Phi) is 11.6. The van der Waals surface area contributed by atoms with Gasteiger partial charge in [-0.3, -0.25) is 0 Å². The van der Waals surface area contributed by atoms with Gasteiger partial charge in [-0.15, -0.1) is 0 Å². The van der Waals surface area contributed by atoms with Crippen LogP contribution in [-0.2, 0) is 27.1 Å². The van der Waals surface area contributed by atoms with E-state index in [9.17, 15) is 0 Å². The second-order valence-electron chi connectivity index (χ2n) is 7.01. The molecule has 0 aliphatic carbocycles. The number of hydrogen-bond acceptors (Lipinski definition) is 1. The Hall–Kier alpha value is 0.0368. The van der Waals surface area contributed by atoms with E-state index in [4.69, 9.17) is 0 Å². The van der Waals surface area contributed by atoms with Crippen molar-refractivity contribution in [3.8, 4) is 0 Å². The summed E-state index contributed by atoms with van der Waals surface area (Å²) in [6, 6.07) is 0. The second-order valence-corrected chi connectivity index (χ2v) is 57.4. The van der Waals surface area contributed by atoms with Crippen molar-refractivity contribution >= 4 is 7.74 Å². The Balaban J connectivity index is 5.60. The molecule has 0 rings (SSSR count). The average Bonchev–Trinajstić information content (AvgIpc) is 2.40. The van der Waals surface area contributed by atoms with E-state index in [0.717, 1.165) is 0 Å². The zero-order valence-electron chi connectivity index (χ0n) is 13.8. The Labute approximate surface area is 140 Å². The quantitative estimate of drug-likeness (QED) is 0.212. The van der Waals surface area contributed by atoms with Gasteiger partial charge in [-0.1, -0.05) is 0 Å². The molecular weight excluding hydrogens is 379 g/mol. The Morgan fingerprint density at radius 3 is 0.810 bits per heavy atom. The Morgan fingerprint density at radius 2 is 0.667 bits per heavy atom. The molecule has 0 aliphatic heterocycles. The summed E-state index contributed by atoms with van der Waals surface area (Å²) in [6.45, 7) is 24.1. The molecule has 0 saturated heterocycles. The third kappa shape index (κ3) is 7.23. The van der Waals surface area contributed by atoms with E-state index in [1.807, 2.05) is 0 Å². The van der Waals surface area contributed by atoms with Gasteiger partial charge in [-0.25, -0.2) is 0 Å². The summed E-state index contributed by atoms with van der Waals surface area (Å²) < 4.78 is 0. The van der Waals surface area contributed by atoms with Crippen LogP contribution >= 0.6 is 7.74 Å². The molecular formula is C18H30SZn2. The van der Waals surface area contributed by atoms with Crippen molar-refractivity contribution in [1.29, 1.82) is 0 Å². The molecule has 0 heterocycles. The fourth-order valence-electron chi connectivity index (χ4n) is 4.36. The normalized spacial score (nSPS) is 9.90.